The van der Waals surface area contributed by atoms with Crippen molar-refractivity contribution < 1.29 is 0 Å². The second-order valence-electron chi connectivity index (χ2n) is 5.65. The van der Waals surface area contributed by atoms with E-state index in [-0.39, 0.29) is 24.8 Å². The lowest BCUT2D eigenvalue weighted by Crippen LogP contribution is -2.45. The van der Waals surface area contributed by atoms with Gasteiger partial charge in [-0.25, -0.2) is 0 Å². The summed E-state index contributed by atoms with van der Waals surface area (Å²) in [5.41, 5.74) is 1.46. The Balaban J connectivity index is 0.00000110. The fraction of sp³-hybridized carbons (Fsp3) is 0.600. The lowest BCUT2D eigenvalue weighted by molar-refractivity contribution is 0.160. The molecule has 2 nitrogen and oxygen atoms in total. The second kappa shape index (κ2) is 9.09. The van der Waals surface area contributed by atoms with Crippen molar-refractivity contribution in [3.63, 3.8) is 0 Å². The smallest absolute Gasteiger partial charge is 0.0352 e. The van der Waals surface area contributed by atoms with Crippen LogP contribution in [-0.4, -0.2) is 31.1 Å². The topological polar surface area (TPSA) is 15.3 Å². The third-order valence-corrected chi connectivity index (χ3v) is 6.05. The van der Waals surface area contributed by atoms with E-state index in [0.717, 1.165) is 23.5 Å². The molecule has 3 rings (SSSR count). The zero-order valence-electron chi connectivity index (χ0n) is 11.9. The van der Waals surface area contributed by atoms with Gasteiger partial charge in [0, 0.05) is 41.2 Å². The summed E-state index contributed by atoms with van der Waals surface area (Å²) in [6.07, 6.45) is 4.19. The molecule has 0 aromatic heterocycles. The van der Waals surface area contributed by atoms with Gasteiger partial charge in [-0.1, -0.05) is 18.9 Å². The van der Waals surface area contributed by atoms with Gasteiger partial charge in [-0.2, -0.15) is 0 Å². The summed E-state index contributed by atoms with van der Waals surface area (Å²) in [4.78, 5) is 2.66. The highest BCUT2D eigenvalue weighted by Gasteiger charge is 2.30. The molecule has 21 heavy (non-hydrogen) atoms. The van der Waals surface area contributed by atoms with Crippen LogP contribution in [0.4, 0.5) is 0 Å². The Hall–Kier alpha value is 0.680. The minimum atomic E-state index is 0. The van der Waals surface area contributed by atoms with Crippen LogP contribution >= 0.6 is 56.7 Å². The van der Waals surface area contributed by atoms with Crippen LogP contribution < -0.4 is 5.32 Å². The number of rotatable bonds is 4. The van der Waals surface area contributed by atoms with Crippen molar-refractivity contribution in [1.82, 2.24) is 10.2 Å². The van der Waals surface area contributed by atoms with Gasteiger partial charge >= 0.3 is 0 Å². The summed E-state index contributed by atoms with van der Waals surface area (Å²) < 4.78 is 2.31. The fourth-order valence-electron chi connectivity index (χ4n) is 2.88. The summed E-state index contributed by atoms with van der Waals surface area (Å²) in [5.74, 6) is 0.960. The highest BCUT2D eigenvalue weighted by Crippen LogP contribution is 2.41. The Bertz CT molecular complexity index is 449. The summed E-state index contributed by atoms with van der Waals surface area (Å²) in [6, 6.07) is 7.34. The van der Waals surface area contributed by atoms with Gasteiger partial charge in [-0.3, -0.25) is 4.90 Å². The molecule has 1 aliphatic carbocycles. The maximum Gasteiger partial charge on any atom is 0.0352 e. The second-order valence-corrected chi connectivity index (χ2v) is 7.36. The number of nitrogens with zero attached hydrogens (tertiary/aromatic N) is 1. The number of hydrogen-bond donors (Lipinski definition) is 1. The normalized spacial score (nSPS) is 20.3. The molecular weight excluding hydrogens is 439 g/mol. The first kappa shape index (κ1) is 19.7. The molecule has 2 aliphatic rings. The Kier molecular flexibility index (Phi) is 8.54. The van der Waals surface area contributed by atoms with E-state index in [2.05, 4.69) is 60.3 Å². The first-order chi connectivity index (χ1) is 9.24. The summed E-state index contributed by atoms with van der Waals surface area (Å²) in [6.45, 7) is 4.59. The van der Waals surface area contributed by atoms with E-state index in [1.165, 1.54) is 42.4 Å². The first-order valence-electron chi connectivity index (χ1n) is 7.14. The zero-order chi connectivity index (χ0) is 13.2. The molecule has 0 radical (unpaired) electrons. The van der Waals surface area contributed by atoms with Crippen molar-refractivity contribution in [2.24, 2.45) is 5.92 Å². The van der Waals surface area contributed by atoms with Crippen LogP contribution in [0.15, 0.2) is 27.1 Å². The van der Waals surface area contributed by atoms with Crippen molar-refractivity contribution in [1.29, 1.82) is 0 Å². The highest BCUT2D eigenvalue weighted by atomic mass is 79.9. The SMILES string of the molecule is Brc1ccc([C@H](CC2CC2)N2CCNCC2)cc1Br.Cl.Cl. The van der Waals surface area contributed by atoms with Crippen LogP contribution in [0, 0.1) is 5.92 Å². The van der Waals surface area contributed by atoms with Gasteiger partial charge in [0.2, 0.25) is 0 Å². The molecule has 0 bridgehead atoms. The van der Waals surface area contributed by atoms with E-state index in [1.807, 2.05) is 0 Å². The van der Waals surface area contributed by atoms with Crippen LogP contribution in [0.5, 0.6) is 0 Å². The van der Waals surface area contributed by atoms with Gasteiger partial charge in [0.1, 0.15) is 0 Å². The average molecular weight is 461 g/mol. The van der Waals surface area contributed by atoms with Gasteiger partial charge in [0.25, 0.3) is 0 Å². The van der Waals surface area contributed by atoms with E-state index < -0.39 is 0 Å². The first-order valence-corrected chi connectivity index (χ1v) is 8.72. The zero-order valence-corrected chi connectivity index (χ0v) is 16.7. The fourth-order valence-corrected chi connectivity index (χ4v) is 3.52. The van der Waals surface area contributed by atoms with Crippen molar-refractivity contribution in [3.8, 4) is 0 Å². The maximum atomic E-state index is 3.64. The van der Waals surface area contributed by atoms with Gasteiger partial charge in [-0.05, 0) is 61.9 Å². The summed E-state index contributed by atoms with van der Waals surface area (Å²) >= 11 is 7.21. The van der Waals surface area contributed by atoms with Crippen LogP contribution in [0.1, 0.15) is 30.9 Å². The van der Waals surface area contributed by atoms with Crippen molar-refractivity contribution in [2.45, 2.75) is 25.3 Å². The van der Waals surface area contributed by atoms with E-state index in [4.69, 9.17) is 0 Å². The van der Waals surface area contributed by atoms with Crippen LogP contribution in [0.3, 0.4) is 0 Å². The van der Waals surface area contributed by atoms with Crippen molar-refractivity contribution in [2.75, 3.05) is 26.2 Å². The minimum absolute atomic E-state index is 0. The molecule has 1 atom stereocenters. The van der Waals surface area contributed by atoms with Crippen LogP contribution in [-0.2, 0) is 0 Å². The van der Waals surface area contributed by atoms with E-state index in [1.54, 1.807) is 0 Å². The molecule has 0 unspecified atom stereocenters. The van der Waals surface area contributed by atoms with Crippen LogP contribution in [0.25, 0.3) is 0 Å². The number of benzene rings is 1. The van der Waals surface area contributed by atoms with Gasteiger partial charge < -0.3 is 5.32 Å². The third-order valence-electron chi connectivity index (χ3n) is 4.17. The molecule has 0 spiro atoms. The Morgan fingerprint density at radius 2 is 1.76 bits per heavy atom. The van der Waals surface area contributed by atoms with Crippen LogP contribution in [0.2, 0.25) is 0 Å². The predicted octanol–water partition coefficient (Wildman–Crippen LogP) is 4.80. The van der Waals surface area contributed by atoms with Crippen molar-refractivity contribution in [3.05, 3.63) is 32.7 Å². The predicted molar refractivity (Wildman–Crippen MR) is 101 cm³/mol. The molecule has 0 amide bonds. The third kappa shape index (κ3) is 5.36. The maximum absolute atomic E-state index is 3.64. The molecule has 1 N–H and O–H groups in total. The quantitative estimate of drug-likeness (QED) is 0.694. The number of piperazine rings is 1. The number of nitrogens with one attached hydrogen (secondary N) is 1. The number of halogens is 4. The van der Waals surface area contributed by atoms with E-state index in [0.29, 0.717) is 6.04 Å². The van der Waals surface area contributed by atoms with E-state index in [9.17, 15) is 0 Å². The largest absolute Gasteiger partial charge is 0.314 e. The molecule has 1 heterocycles. The average Bonchev–Trinajstić information content (AvgIpc) is 3.24. The molecule has 1 aromatic carbocycles. The van der Waals surface area contributed by atoms with Gasteiger partial charge in [-0.15, -0.1) is 24.8 Å². The Morgan fingerprint density at radius 1 is 1.10 bits per heavy atom. The Morgan fingerprint density at radius 3 is 2.33 bits per heavy atom. The summed E-state index contributed by atoms with van der Waals surface area (Å²) in [7, 11) is 0. The monoisotopic (exact) mass is 458 g/mol. The van der Waals surface area contributed by atoms with E-state index >= 15 is 0 Å². The minimum Gasteiger partial charge on any atom is -0.314 e. The lowest BCUT2D eigenvalue weighted by atomic mass is 9.99. The van der Waals surface area contributed by atoms with Crippen molar-refractivity contribution >= 4 is 56.7 Å². The molecule has 2 fully saturated rings. The summed E-state index contributed by atoms with van der Waals surface area (Å²) in [5, 5.41) is 3.45. The molecule has 120 valence electrons. The number of hydrogen-bond acceptors (Lipinski definition) is 2. The Labute approximate surface area is 156 Å². The highest BCUT2D eigenvalue weighted by molar-refractivity contribution is 9.13. The van der Waals surface area contributed by atoms with Gasteiger partial charge in [0.05, 0.1) is 0 Å². The standard InChI is InChI=1S/C15H20Br2N2.2ClH/c16-13-4-3-12(10-14(13)17)15(9-11-1-2-11)19-7-5-18-6-8-19;;/h3-4,10-11,15,18H,1-2,5-9H2;2*1H/t15-;;/m0../s1. The molecule has 1 saturated carbocycles. The molecule has 1 saturated heterocycles. The molecule has 1 aliphatic heterocycles. The molecule has 6 heteroatoms. The van der Waals surface area contributed by atoms with Gasteiger partial charge in [0.15, 0.2) is 0 Å². The molecule has 1 aromatic rings. The molecular formula is C15H22Br2Cl2N2. The lowest BCUT2D eigenvalue weighted by Gasteiger charge is -2.35.